The van der Waals surface area contributed by atoms with Crippen molar-refractivity contribution < 1.29 is 4.74 Å². The molecular formula is C19H14BrN3OS. The van der Waals surface area contributed by atoms with Crippen LogP contribution in [0.4, 0.5) is 5.69 Å². The highest BCUT2D eigenvalue weighted by Gasteiger charge is 2.09. The van der Waals surface area contributed by atoms with Crippen molar-refractivity contribution in [1.82, 2.24) is 4.98 Å². The fourth-order valence-corrected chi connectivity index (χ4v) is 3.19. The first kappa shape index (κ1) is 17.2. The van der Waals surface area contributed by atoms with Crippen molar-refractivity contribution in [3.05, 3.63) is 69.6 Å². The molecule has 0 bridgehead atoms. The van der Waals surface area contributed by atoms with E-state index >= 15 is 0 Å². The van der Waals surface area contributed by atoms with Crippen molar-refractivity contribution in [3.8, 4) is 23.1 Å². The number of benzene rings is 2. The number of aromatic nitrogens is 1. The maximum atomic E-state index is 9.43. The van der Waals surface area contributed by atoms with Crippen molar-refractivity contribution in [2.24, 2.45) is 0 Å². The summed E-state index contributed by atoms with van der Waals surface area (Å²) in [7, 11) is 1.64. The molecule has 6 heteroatoms. The molecule has 4 nitrogen and oxygen atoms in total. The Hall–Kier alpha value is -2.62. The van der Waals surface area contributed by atoms with E-state index in [4.69, 9.17) is 4.74 Å². The van der Waals surface area contributed by atoms with Crippen LogP contribution in [-0.4, -0.2) is 12.1 Å². The predicted octanol–water partition coefficient (Wildman–Crippen LogP) is 5.56. The van der Waals surface area contributed by atoms with Crippen LogP contribution in [0.15, 0.2) is 64.6 Å². The number of allylic oxidation sites excluding steroid dienone is 1. The van der Waals surface area contributed by atoms with E-state index in [1.165, 1.54) is 11.3 Å². The third kappa shape index (κ3) is 4.27. The summed E-state index contributed by atoms with van der Waals surface area (Å²) >= 11 is 4.84. The Morgan fingerprint density at radius 2 is 1.92 bits per heavy atom. The molecule has 0 saturated heterocycles. The van der Waals surface area contributed by atoms with E-state index in [9.17, 15) is 5.26 Å². The largest absolute Gasteiger partial charge is 0.497 e. The van der Waals surface area contributed by atoms with Crippen LogP contribution in [0.5, 0.6) is 5.75 Å². The first-order chi connectivity index (χ1) is 12.2. The molecule has 0 unspecified atom stereocenters. The zero-order valence-electron chi connectivity index (χ0n) is 13.4. The van der Waals surface area contributed by atoms with Crippen molar-refractivity contribution in [2.45, 2.75) is 0 Å². The second-order valence-electron chi connectivity index (χ2n) is 5.09. The van der Waals surface area contributed by atoms with Crippen LogP contribution in [0.1, 0.15) is 5.01 Å². The van der Waals surface area contributed by atoms with Gasteiger partial charge in [0.25, 0.3) is 0 Å². The average Bonchev–Trinajstić information content (AvgIpc) is 3.14. The summed E-state index contributed by atoms with van der Waals surface area (Å²) in [6.45, 7) is 0. The van der Waals surface area contributed by atoms with Gasteiger partial charge in [0.15, 0.2) is 0 Å². The minimum Gasteiger partial charge on any atom is -0.497 e. The Balaban J connectivity index is 1.79. The highest BCUT2D eigenvalue weighted by atomic mass is 79.9. The maximum Gasteiger partial charge on any atom is 0.136 e. The van der Waals surface area contributed by atoms with Crippen molar-refractivity contribution in [3.63, 3.8) is 0 Å². The molecule has 0 atom stereocenters. The van der Waals surface area contributed by atoms with Gasteiger partial charge in [0, 0.05) is 27.3 Å². The number of halogens is 1. The number of thiazole rings is 1. The van der Waals surface area contributed by atoms with Gasteiger partial charge in [-0.15, -0.1) is 11.3 Å². The van der Waals surface area contributed by atoms with Crippen LogP contribution < -0.4 is 10.1 Å². The number of ether oxygens (including phenoxy) is 1. The summed E-state index contributed by atoms with van der Waals surface area (Å²) in [5, 5.41) is 15.2. The number of nitriles is 1. The number of hydrogen-bond donors (Lipinski definition) is 1. The molecule has 1 heterocycles. The highest BCUT2D eigenvalue weighted by molar-refractivity contribution is 9.10. The minimum atomic E-state index is 0.493. The normalized spacial score (nSPS) is 11.0. The van der Waals surface area contributed by atoms with E-state index in [1.807, 2.05) is 53.9 Å². The summed E-state index contributed by atoms with van der Waals surface area (Å²) < 4.78 is 6.17. The second kappa shape index (κ2) is 7.97. The lowest BCUT2D eigenvalue weighted by Gasteiger charge is -2.02. The minimum absolute atomic E-state index is 0.493. The first-order valence-electron chi connectivity index (χ1n) is 7.42. The standard InChI is InChI=1S/C19H14BrN3OS/c1-24-17-8-2-13(3-9-17)18-12-25-19(23-18)14(10-21)11-22-16-6-4-15(20)5-7-16/h2-9,11-12,22H,1H3. The monoisotopic (exact) mass is 411 g/mol. The van der Waals surface area contributed by atoms with Crippen molar-refractivity contribution >= 4 is 38.5 Å². The molecule has 0 aliphatic rings. The van der Waals surface area contributed by atoms with E-state index in [1.54, 1.807) is 13.3 Å². The summed E-state index contributed by atoms with van der Waals surface area (Å²) in [5.41, 5.74) is 3.23. The number of rotatable bonds is 5. The summed E-state index contributed by atoms with van der Waals surface area (Å²) in [6.07, 6.45) is 1.68. The van der Waals surface area contributed by atoms with Crippen LogP contribution >= 0.6 is 27.3 Å². The van der Waals surface area contributed by atoms with Crippen molar-refractivity contribution in [2.75, 3.05) is 12.4 Å². The van der Waals surface area contributed by atoms with E-state index in [2.05, 4.69) is 32.3 Å². The Bertz CT molecular complexity index is 925. The molecule has 25 heavy (non-hydrogen) atoms. The van der Waals surface area contributed by atoms with Crippen molar-refractivity contribution in [1.29, 1.82) is 5.26 Å². The first-order valence-corrected chi connectivity index (χ1v) is 9.09. The van der Waals surface area contributed by atoms with Crippen LogP contribution in [0.25, 0.3) is 16.8 Å². The SMILES string of the molecule is COc1ccc(-c2csc(C(C#N)=CNc3ccc(Br)cc3)n2)cc1. The average molecular weight is 412 g/mol. The van der Waals surface area contributed by atoms with Gasteiger partial charge in [-0.1, -0.05) is 15.9 Å². The van der Waals surface area contributed by atoms with Gasteiger partial charge in [-0.05, 0) is 48.5 Å². The third-order valence-electron chi connectivity index (χ3n) is 3.47. The zero-order chi connectivity index (χ0) is 17.6. The van der Waals surface area contributed by atoms with Gasteiger partial charge < -0.3 is 10.1 Å². The van der Waals surface area contributed by atoms with Gasteiger partial charge in [0.2, 0.25) is 0 Å². The third-order valence-corrected chi connectivity index (χ3v) is 4.87. The Morgan fingerprint density at radius 3 is 2.56 bits per heavy atom. The Kier molecular flexibility index (Phi) is 5.49. The number of anilines is 1. The van der Waals surface area contributed by atoms with E-state index in [0.29, 0.717) is 10.6 Å². The highest BCUT2D eigenvalue weighted by Crippen LogP contribution is 2.27. The Labute approximate surface area is 158 Å². The van der Waals surface area contributed by atoms with Gasteiger partial charge in [-0.25, -0.2) is 4.98 Å². The lowest BCUT2D eigenvalue weighted by Crippen LogP contribution is -1.91. The van der Waals surface area contributed by atoms with Gasteiger partial charge in [0.05, 0.1) is 12.8 Å². The van der Waals surface area contributed by atoms with E-state index in [0.717, 1.165) is 27.2 Å². The molecule has 0 fully saturated rings. The zero-order valence-corrected chi connectivity index (χ0v) is 15.8. The molecule has 3 aromatic rings. The van der Waals surface area contributed by atoms with E-state index in [-0.39, 0.29) is 0 Å². The smallest absolute Gasteiger partial charge is 0.136 e. The molecule has 0 radical (unpaired) electrons. The predicted molar refractivity (Wildman–Crippen MR) is 105 cm³/mol. The number of methoxy groups -OCH3 is 1. The maximum absolute atomic E-state index is 9.43. The lowest BCUT2D eigenvalue weighted by atomic mass is 10.2. The lowest BCUT2D eigenvalue weighted by molar-refractivity contribution is 0.415. The molecule has 1 N–H and O–H groups in total. The molecule has 1 aromatic heterocycles. The molecule has 0 aliphatic heterocycles. The number of nitrogens with one attached hydrogen (secondary N) is 1. The van der Waals surface area contributed by atoms with Gasteiger partial charge in [-0.3, -0.25) is 0 Å². The molecule has 0 spiro atoms. The number of nitrogens with zero attached hydrogens (tertiary/aromatic N) is 2. The van der Waals surface area contributed by atoms with Gasteiger partial charge in [0.1, 0.15) is 22.4 Å². The fraction of sp³-hybridized carbons (Fsp3) is 0.0526. The fourth-order valence-electron chi connectivity index (χ4n) is 2.14. The molecule has 0 aliphatic carbocycles. The second-order valence-corrected chi connectivity index (χ2v) is 6.86. The Morgan fingerprint density at radius 1 is 1.20 bits per heavy atom. The quantitative estimate of drug-likeness (QED) is 0.558. The van der Waals surface area contributed by atoms with Gasteiger partial charge in [-0.2, -0.15) is 5.26 Å². The molecule has 124 valence electrons. The summed E-state index contributed by atoms with van der Waals surface area (Å²) in [4.78, 5) is 4.57. The summed E-state index contributed by atoms with van der Waals surface area (Å²) in [6, 6.07) is 17.6. The molecule has 3 rings (SSSR count). The van der Waals surface area contributed by atoms with Gasteiger partial charge >= 0.3 is 0 Å². The van der Waals surface area contributed by atoms with Crippen LogP contribution in [0.2, 0.25) is 0 Å². The molecule has 0 saturated carbocycles. The number of hydrogen-bond acceptors (Lipinski definition) is 5. The van der Waals surface area contributed by atoms with Crippen LogP contribution in [-0.2, 0) is 0 Å². The molecule has 2 aromatic carbocycles. The van der Waals surface area contributed by atoms with E-state index < -0.39 is 0 Å². The van der Waals surface area contributed by atoms with Crippen LogP contribution in [0, 0.1) is 11.3 Å². The van der Waals surface area contributed by atoms with Crippen LogP contribution in [0.3, 0.4) is 0 Å². The molecular weight excluding hydrogens is 398 g/mol. The summed E-state index contributed by atoms with van der Waals surface area (Å²) in [5.74, 6) is 0.801. The topological polar surface area (TPSA) is 57.9 Å². The molecule has 0 amide bonds.